The molecule has 1 aromatic rings. The number of aromatic nitrogens is 1. The van der Waals surface area contributed by atoms with Gasteiger partial charge in [0.1, 0.15) is 0 Å². The first kappa shape index (κ1) is 18.7. The smallest absolute Gasteiger partial charge is 0.239 e. The number of carbonyl (C=O) groups excluding carboxylic acids is 1. The fourth-order valence-corrected chi connectivity index (χ4v) is 3.73. The van der Waals surface area contributed by atoms with E-state index in [1.807, 2.05) is 0 Å². The van der Waals surface area contributed by atoms with Crippen LogP contribution in [0.4, 0.5) is 5.69 Å². The van der Waals surface area contributed by atoms with Gasteiger partial charge in [-0.15, -0.1) is 0 Å². The van der Waals surface area contributed by atoms with E-state index in [4.69, 9.17) is 0 Å². The van der Waals surface area contributed by atoms with Crippen LogP contribution < -0.4 is 10.6 Å². The van der Waals surface area contributed by atoms with Crippen molar-refractivity contribution >= 4 is 21.4 Å². The average Bonchev–Trinajstić information content (AvgIpc) is 2.53. The van der Waals surface area contributed by atoms with Gasteiger partial charge in [0.2, 0.25) is 5.91 Å². The Morgan fingerprint density at radius 3 is 2.42 bits per heavy atom. The van der Waals surface area contributed by atoms with Crippen LogP contribution in [-0.4, -0.2) is 36.6 Å². The minimum absolute atomic E-state index is 0.0479. The molecule has 0 aliphatic heterocycles. The second-order valence-corrected chi connectivity index (χ2v) is 9.91. The highest BCUT2D eigenvalue weighted by molar-refractivity contribution is 7.92. The van der Waals surface area contributed by atoms with Crippen LogP contribution in [0.5, 0.6) is 0 Å². The highest BCUT2D eigenvalue weighted by atomic mass is 32.2. The molecular formula is C17H27N3O3S. The van der Waals surface area contributed by atoms with Crippen molar-refractivity contribution in [2.24, 2.45) is 0 Å². The van der Waals surface area contributed by atoms with Crippen molar-refractivity contribution < 1.29 is 13.2 Å². The van der Waals surface area contributed by atoms with Crippen molar-refractivity contribution in [3.63, 3.8) is 0 Å². The molecule has 1 aliphatic rings. The lowest BCUT2D eigenvalue weighted by molar-refractivity contribution is -0.120. The van der Waals surface area contributed by atoms with Gasteiger partial charge in [0.15, 0.2) is 14.9 Å². The first-order valence-corrected chi connectivity index (χ1v) is 9.92. The monoisotopic (exact) mass is 353 g/mol. The molecule has 1 amide bonds. The molecule has 1 saturated carbocycles. The Hall–Kier alpha value is -1.63. The van der Waals surface area contributed by atoms with Crippen LogP contribution in [0.3, 0.4) is 0 Å². The van der Waals surface area contributed by atoms with Gasteiger partial charge in [-0.1, -0.05) is 19.3 Å². The highest BCUT2D eigenvalue weighted by Crippen LogP contribution is 2.23. The minimum Gasteiger partial charge on any atom is -0.375 e. The first-order chi connectivity index (χ1) is 11.2. The maximum Gasteiger partial charge on any atom is 0.239 e. The predicted molar refractivity (Wildman–Crippen MR) is 94.7 cm³/mol. The van der Waals surface area contributed by atoms with Crippen LogP contribution in [0.15, 0.2) is 23.4 Å². The number of carbonyl (C=O) groups is 1. The highest BCUT2D eigenvalue weighted by Gasteiger charge is 2.31. The zero-order chi connectivity index (χ0) is 17.8. The van der Waals surface area contributed by atoms with E-state index in [2.05, 4.69) is 15.6 Å². The van der Waals surface area contributed by atoms with E-state index in [-0.39, 0.29) is 23.5 Å². The maximum absolute atomic E-state index is 12.3. The lowest BCUT2D eigenvalue weighted by atomic mass is 9.95. The SMILES string of the molecule is CC(C)(C)S(=O)(=O)c1ccc(NCC(=O)NC2CCCCC2)cn1. The lowest BCUT2D eigenvalue weighted by Gasteiger charge is -2.22. The van der Waals surface area contributed by atoms with E-state index in [1.165, 1.54) is 31.5 Å². The van der Waals surface area contributed by atoms with E-state index in [1.54, 1.807) is 26.8 Å². The maximum atomic E-state index is 12.3. The molecule has 0 radical (unpaired) electrons. The second-order valence-electron chi connectivity index (χ2n) is 7.26. The van der Waals surface area contributed by atoms with Crippen LogP contribution in [0, 0.1) is 0 Å². The molecule has 24 heavy (non-hydrogen) atoms. The molecular weight excluding hydrogens is 326 g/mol. The zero-order valence-electron chi connectivity index (χ0n) is 14.6. The summed E-state index contributed by atoms with van der Waals surface area (Å²) in [6.45, 7) is 5.09. The van der Waals surface area contributed by atoms with Gasteiger partial charge in [-0.05, 0) is 45.7 Å². The van der Waals surface area contributed by atoms with Gasteiger partial charge in [0.25, 0.3) is 0 Å². The van der Waals surface area contributed by atoms with Crippen molar-refractivity contribution in [3.05, 3.63) is 18.3 Å². The van der Waals surface area contributed by atoms with E-state index < -0.39 is 14.6 Å². The lowest BCUT2D eigenvalue weighted by Crippen LogP contribution is -2.39. The van der Waals surface area contributed by atoms with E-state index in [0.717, 1.165) is 12.8 Å². The largest absolute Gasteiger partial charge is 0.375 e. The number of anilines is 1. The van der Waals surface area contributed by atoms with Gasteiger partial charge in [0.05, 0.1) is 23.2 Å². The Kier molecular flexibility index (Phi) is 5.85. The Labute approximate surface area is 144 Å². The standard InChI is InChI=1S/C17H27N3O3S/c1-17(2,3)24(22,23)16-10-9-14(11-19-16)18-12-15(21)20-13-7-5-4-6-8-13/h9-11,13,18H,4-8,12H2,1-3H3,(H,20,21). The molecule has 0 saturated heterocycles. The van der Waals surface area contributed by atoms with Crippen LogP contribution in [-0.2, 0) is 14.6 Å². The van der Waals surface area contributed by atoms with Crippen LogP contribution in [0.2, 0.25) is 0 Å². The molecule has 0 atom stereocenters. The Morgan fingerprint density at radius 1 is 1.21 bits per heavy atom. The van der Waals surface area contributed by atoms with Gasteiger partial charge >= 0.3 is 0 Å². The molecule has 2 N–H and O–H groups in total. The average molecular weight is 353 g/mol. The second kappa shape index (κ2) is 7.51. The van der Waals surface area contributed by atoms with Crippen molar-refractivity contribution in [1.82, 2.24) is 10.3 Å². The number of hydrogen-bond donors (Lipinski definition) is 2. The summed E-state index contributed by atoms with van der Waals surface area (Å²) in [5, 5.41) is 6.06. The fraction of sp³-hybridized carbons (Fsp3) is 0.647. The van der Waals surface area contributed by atoms with Crippen molar-refractivity contribution in [3.8, 4) is 0 Å². The van der Waals surface area contributed by atoms with Gasteiger partial charge < -0.3 is 10.6 Å². The molecule has 1 fully saturated rings. The van der Waals surface area contributed by atoms with E-state index in [9.17, 15) is 13.2 Å². The summed E-state index contributed by atoms with van der Waals surface area (Å²) in [4.78, 5) is 16.0. The molecule has 0 aromatic carbocycles. The van der Waals surface area contributed by atoms with E-state index >= 15 is 0 Å². The normalized spacial score (nSPS) is 16.6. The summed E-state index contributed by atoms with van der Waals surface area (Å²) >= 11 is 0. The molecule has 6 nitrogen and oxygen atoms in total. The zero-order valence-corrected chi connectivity index (χ0v) is 15.4. The fourth-order valence-electron chi connectivity index (χ4n) is 2.67. The third kappa shape index (κ3) is 4.69. The summed E-state index contributed by atoms with van der Waals surface area (Å²) in [5.74, 6) is -0.0479. The molecule has 7 heteroatoms. The molecule has 0 bridgehead atoms. The first-order valence-electron chi connectivity index (χ1n) is 8.44. The number of amides is 1. The quantitative estimate of drug-likeness (QED) is 0.849. The summed E-state index contributed by atoms with van der Waals surface area (Å²) in [6, 6.07) is 3.40. The van der Waals surface area contributed by atoms with Gasteiger partial charge in [0, 0.05) is 6.04 Å². The molecule has 0 unspecified atom stereocenters. The van der Waals surface area contributed by atoms with Crippen LogP contribution in [0.1, 0.15) is 52.9 Å². The van der Waals surface area contributed by atoms with E-state index in [0.29, 0.717) is 5.69 Å². The molecule has 1 aromatic heterocycles. The van der Waals surface area contributed by atoms with Crippen LogP contribution in [0.25, 0.3) is 0 Å². The Morgan fingerprint density at radius 2 is 1.88 bits per heavy atom. The number of rotatable bonds is 5. The number of pyridine rings is 1. The van der Waals surface area contributed by atoms with Gasteiger partial charge in [-0.2, -0.15) is 0 Å². The predicted octanol–water partition coefficient (Wildman–Crippen LogP) is 2.51. The Balaban J connectivity index is 1.89. The van der Waals surface area contributed by atoms with Crippen LogP contribution >= 0.6 is 0 Å². The molecule has 0 spiro atoms. The third-order valence-electron chi connectivity index (χ3n) is 4.24. The third-order valence-corrected chi connectivity index (χ3v) is 6.65. The number of sulfone groups is 1. The number of nitrogens with one attached hydrogen (secondary N) is 2. The van der Waals surface area contributed by atoms with Crippen molar-refractivity contribution in [2.45, 2.75) is 68.7 Å². The van der Waals surface area contributed by atoms with Crippen molar-refractivity contribution in [2.75, 3.05) is 11.9 Å². The summed E-state index contributed by atoms with van der Waals surface area (Å²) in [5.41, 5.74) is 0.627. The summed E-state index contributed by atoms with van der Waals surface area (Å²) in [7, 11) is -3.46. The summed E-state index contributed by atoms with van der Waals surface area (Å²) in [6.07, 6.45) is 7.14. The van der Waals surface area contributed by atoms with Gasteiger partial charge in [-0.25, -0.2) is 13.4 Å². The molecule has 2 rings (SSSR count). The number of hydrogen-bond acceptors (Lipinski definition) is 5. The van der Waals surface area contributed by atoms with Gasteiger partial charge in [-0.3, -0.25) is 4.79 Å². The topological polar surface area (TPSA) is 88.2 Å². The molecule has 1 heterocycles. The molecule has 1 aliphatic carbocycles. The number of nitrogens with zero attached hydrogens (tertiary/aromatic N) is 1. The minimum atomic E-state index is -3.46. The van der Waals surface area contributed by atoms with Crippen molar-refractivity contribution in [1.29, 1.82) is 0 Å². The Bertz CT molecular complexity index is 657. The molecule has 134 valence electrons. The summed E-state index contributed by atoms with van der Waals surface area (Å²) < 4.78 is 23.7.